The van der Waals surface area contributed by atoms with Gasteiger partial charge in [0.25, 0.3) is 0 Å². The van der Waals surface area contributed by atoms with Gasteiger partial charge in [-0.1, -0.05) is 116 Å². The van der Waals surface area contributed by atoms with Crippen LogP contribution in [-0.2, 0) is 14.2 Å². The molecule has 0 aromatic heterocycles. The largest absolute Gasteiger partial charge is 0.491 e. The number of hydrogen-bond acceptors (Lipinski definition) is 13. The first-order valence-corrected chi connectivity index (χ1v) is 57.9. The zero-order valence-electron chi connectivity index (χ0n) is 83.8. The first-order valence-electron chi connectivity index (χ1n) is 46.6. The molecule has 0 saturated heterocycles. The number of nitrogens with one attached hydrogen (secondary N) is 2. The van der Waals surface area contributed by atoms with Crippen molar-refractivity contribution in [2.45, 2.75) is 159 Å². The molecular weight excluding hydrogens is 2230 g/mol. The van der Waals surface area contributed by atoms with Gasteiger partial charge in [-0.2, -0.15) is 0 Å². The molecule has 0 fully saturated rings. The fourth-order valence-electron chi connectivity index (χ4n) is 13.3. The molecule has 0 aliphatic rings. The molecule has 750 valence electrons. The van der Waals surface area contributed by atoms with Crippen LogP contribution in [0.4, 0.5) is 64.8 Å². The molecule has 26 heteroatoms. The van der Waals surface area contributed by atoms with Gasteiger partial charge in [0, 0.05) is 54.5 Å². The van der Waals surface area contributed by atoms with Gasteiger partial charge in [0.05, 0.1) is 12.5 Å². The van der Waals surface area contributed by atoms with E-state index in [-0.39, 0.29) is 45.2 Å². The van der Waals surface area contributed by atoms with E-state index in [1.165, 1.54) is 70.1 Å². The second kappa shape index (κ2) is 63.9. The van der Waals surface area contributed by atoms with Gasteiger partial charge in [-0.15, -0.1) is 0 Å². The SMILES string of the molecule is C=Cc1ccc(N(C)C(=O)OC(C)(C)C)cc1.CCC[CH2][Sn]([CH2]CCC)([CH2]CCC)[c]1cc(/C=C/c2ccc(N(C)C(=O)OC(C)(C)C)cc2)ccc1OCCF.CN(C(=O)OC(C)(C)C)c1ccc(/C=C/c2ccc(OCCF)c(Br)c2)cc1.CNc1ccc(/C=C/c2ccc(OCCF)c(C)c2)cc1.CNc1ccc(/C=C/c2ccc(OCCF)c(I)c2)cc1.FCCOc1ccc(I)cc1Br. The average molecular weight is 2370 g/mol. The second-order valence-corrected chi connectivity index (χ2v) is 52.4. The number of carbonyl (C=O) groups is 3. The van der Waals surface area contributed by atoms with Gasteiger partial charge in [-0.25, -0.2) is 27.2 Å². The van der Waals surface area contributed by atoms with E-state index >= 15 is 0 Å². The predicted octanol–water partition coefficient (Wildman–Crippen LogP) is 32.5. The van der Waals surface area contributed by atoms with Crippen LogP contribution in [0.25, 0.3) is 54.7 Å². The Balaban J connectivity index is 0.000000306. The van der Waals surface area contributed by atoms with Crippen LogP contribution in [0.15, 0.2) is 228 Å². The summed E-state index contributed by atoms with van der Waals surface area (Å²) in [7, 11) is 8.90. The summed E-state index contributed by atoms with van der Waals surface area (Å²) >= 11 is 8.35. The summed E-state index contributed by atoms with van der Waals surface area (Å²) in [6, 6.07) is 69.0. The van der Waals surface area contributed by atoms with Crippen LogP contribution in [0.5, 0.6) is 28.7 Å². The molecule has 16 nitrogen and oxygen atoms in total. The van der Waals surface area contributed by atoms with Crippen LogP contribution in [0.2, 0.25) is 13.3 Å². The Labute approximate surface area is 871 Å². The van der Waals surface area contributed by atoms with Crippen LogP contribution in [0, 0.1) is 14.1 Å². The smallest absolute Gasteiger partial charge is 0.414 e. The van der Waals surface area contributed by atoms with Crippen LogP contribution in [0.1, 0.15) is 177 Å². The topological polar surface area (TPSA) is 159 Å². The van der Waals surface area contributed by atoms with Crippen molar-refractivity contribution in [3.05, 3.63) is 291 Å². The number of hydrogen-bond donors (Lipinski definition) is 2. The van der Waals surface area contributed by atoms with Gasteiger partial charge in [0.1, 0.15) is 92.9 Å². The minimum absolute atomic E-state index is 0.0396. The second-order valence-electron chi connectivity index (χ2n) is 35.2. The molecule has 139 heavy (non-hydrogen) atoms. The number of amides is 3. The summed E-state index contributed by atoms with van der Waals surface area (Å²) in [5, 5.41) is 6.19. The standard InChI is InChI=1S/C22H25BrFNO3.C22H25FNO3.C18H20FNO.C17H17FINO.C14H19NO2.C8H7BrFIO.3C4H9.Sn/c1-22(2,3)28-21(26)25(4)18-10-7-16(8-11-18)5-6-17-9-12-20(19(23)15-17)27-14-13-24;1-22(2,3)27-21(25)24(4)19-11-7-17(8-12-19)5-6-18-9-13-20(14-10-18)26-16-15-23;1-14-13-16(7-10-18(14)21-12-11-19)4-3-15-5-8-17(20-2)9-6-15;1-20-15-7-4-13(5-8-15)2-3-14-6-9-17(16(19)12-14)21-11-10-18;1-6-11-7-9-12(10-8-11)15(5)13(16)17-14(2,3)4;9-7-5-6(11)1-2-8(7)12-4-3-10;3*1-3-4-2;/h5-12,15H,13-14H2,1-4H3;5-13H,15-16H2,1-4H3;3-10,13,20H,11-12H2,1-2H3;2-9,12,20H,10-11H2,1H3;6-10H,1H2,2-5H3;1-2,5H,3-4H2;3*1,3-4H2,2H3;/b2*6-5+;4-3+;3-2+;;;;;;. The first-order chi connectivity index (χ1) is 66.3. The Morgan fingerprint density at radius 2 is 0.640 bits per heavy atom. The van der Waals surface area contributed by atoms with Crippen LogP contribution in [0.3, 0.4) is 0 Å². The Hall–Kier alpha value is -9.82. The molecule has 0 aliphatic heterocycles. The zero-order chi connectivity index (χ0) is 103. The van der Waals surface area contributed by atoms with E-state index in [1.807, 2.05) is 259 Å². The molecular formula is C113H140Br2F5I2N5O11Sn. The van der Waals surface area contributed by atoms with E-state index in [9.17, 15) is 36.3 Å². The molecule has 0 heterocycles. The number of unbranched alkanes of at least 4 members (excludes halogenated alkanes) is 3. The Bertz CT molecular complexity index is 5330. The number of benzene rings is 10. The monoisotopic (exact) mass is 2370 g/mol. The molecule has 0 atom stereocenters. The van der Waals surface area contributed by atoms with Gasteiger partial charge in [0.15, 0.2) is 0 Å². The van der Waals surface area contributed by atoms with Crippen molar-refractivity contribution in [2.24, 2.45) is 0 Å². The molecule has 0 bridgehead atoms. The van der Waals surface area contributed by atoms with Crippen molar-refractivity contribution in [1.29, 1.82) is 0 Å². The summed E-state index contributed by atoms with van der Waals surface area (Å²) in [6.45, 7) is 27.2. The number of ether oxygens (including phenoxy) is 8. The van der Waals surface area contributed by atoms with Crippen molar-refractivity contribution >= 4 is 200 Å². The Kier molecular flexibility index (Phi) is 55.0. The minimum atomic E-state index is -2.81. The average Bonchev–Trinajstić information content (AvgIpc) is 0.781. The number of halogens is 9. The van der Waals surface area contributed by atoms with E-state index in [0.717, 1.165) is 117 Å². The number of anilines is 5. The van der Waals surface area contributed by atoms with E-state index in [2.05, 4.69) is 194 Å². The molecule has 3 amide bonds. The number of aryl methyl sites for hydroxylation is 1. The molecule has 2 N–H and O–H groups in total. The van der Waals surface area contributed by atoms with Crippen molar-refractivity contribution in [3.8, 4) is 28.7 Å². The van der Waals surface area contributed by atoms with Crippen LogP contribution in [-0.4, -0.2) is 155 Å². The summed E-state index contributed by atoms with van der Waals surface area (Å²) in [5.41, 5.74) is 13.7. The zero-order valence-corrected chi connectivity index (χ0v) is 94.1. The maximum Gasteiger partial charge on any atom is 0.414 e. The van der Waals surface area contributed by atoms with Crippen molar-refractivity contribution in [2.75, 3.05) is 127 Å². The fraction of sp³-hybridized carbons (Fsp3) is 0.354. The maximum absolute atomic E-state index is 13.1. The first kappa shape index (κ1) is 120. The van der Waals surface area contributed by atoms with Crippen LogP contribution >= 0.6 is 77.0 Å². The summed E-state index contributed by atoms with van der Waals surface area (Å²) in [5.74, 6) is 3.69. The van der Waals surface area contributed by atoms with Gasteiger partial charge < -0.3 is 39.1 Å². The quantitative estimate of drug-likeness (QED) is 0.0123. The Morgan fingerprint density at radius 3 is 0.957 bits per heavy atom. The molecule has 0 saturated carbocycles. The minimum Gasteiger partial charge on any atom is -0.491 e. The third-order valence-electron chi connectivity index (χ3n) is 20.6. The molecule has 10 rings (SSSR count). The van der Waals surface area contributed by atoms with E-state index in [4.69, 9.17) is 37.9 Å². The molecule has 0 radical (unpaired) electrons. The van der Waals surface area contributed by atoms with E-state index in [0.29, 0.717) is 11.5 Å². The van der Waals surface area contributed by atoms with Gasteiger partial charge in [-0.3, -0.25) is 9.80 Å². The van der Waals surface area contributed by atoms with Crippen LogP contribution < -0.4 is 52.6 Å². The van der Waals surface area contributed by atoms with Crippen molar-refractivity contribution in [3.63, 3.8) is 0 Å². The van der Waals surface area contributed by atoms with E-state index in [1.54, 1.807) is 33.3 Å². The third-order valence-corrected chi connectivity index (χ3v) is 39.0. The van der Waals surface area contributed by atoms with Gasteiger partial charge in [-0.05, 0) is 294 Å². The van der Waals surface area contributed by atoms with E-state index < -0.39 is 74.6 Å². The molecule has 0 aliphatic carbocycles. The fourth-order valence-corrected chi connectivity index (χ4v) is 32.5. The molecule has 0 unspecified atom stereocenters. The van der Waals surface area contributed by atoms with Gasteiger partial charge in [0.2, 0.25) is 0 Å². The van der Waals surface area contributed by atoms with Crippen molar-refractivity contribution < 1.29 is 74.2 Å². The Morgan fingerprint density at radius 1 is 0.367 bits per heavy atom. The number of alkyl halides is 5. The van der Waals surface area contributed by atoms with Gasteiger partial charge >= 0.3 is 234 Å². The number of rotatable bonds is 39. The normalized spacial score (nSPS) is 11.2. The molecule has 0 spiro atoms. The molecule has 10 aromatic rings. The predicted molar refractivity (Wildman–Crippen MR) is 601 cm³/mol. The summed E-state index contributed by atoms with van der Waals surface area (Å²) < 4.78 is 114. The number of carbonyl (C=O) groups excluding carboxylic acids is 3. The summed E-state index contributed by atoms with van der Waals surface area (Å²) in [6.07, 6.45) is 24.5. The number of nitrogens with zero attached hydrogens (tertiary/aromatic N) is 3. The maximum atomic E-state index is 13.1. The summed E-state index contributed by atoms with van der Waals surface area (Å²) in [4.78, 5) is 40.8. The van der Waals surface area contributed by atoms with Crippen molar-refractivity contribution in [1.82, 2.24) is 0 Å². The third kappa shape index (κ3) is 45.8. The molecule has 10 aromatic carbocycles.